The number of hydrogen-bond donors (Lipinski definition) is 1. The van der Waals surface area contributed by atoms with E-state index in [4.69, 9.17) is 4.98 Å². The summed E-state index contributed by atoms with van der Waals surface area (Å²) in [5.74, 6) is 1.16. The Kier molecular flexibility index (Phi) is 5.41. The minimum absolute atomic E-state index is 0.514. The molecule has 1 fully saturated rings. The molecule has 1 aromatic heterocycles. The van der Waals surface area contributed by atoms with Crippen molar-refractivity contribution in [2.24, 2.45) is 0 Å². The van der Waals surface area contributed by atoms with Crippen LogP contribution >= 0.6 is 0 Å². The number of aromatic nitrogens is 1. The van der Waals surface area contributed by atoms with Crippen molar-refractivity contribution in [3.8, 4) is 0 Å². The first-order chi connectivity index (χ1) is 9.58. The minimum atomic E-state index is 0.514. The Hall–Kier alpha value is -1.09. The molecule has 2 heterocycles. The van der Waals surface area contributed by atoms with E-state index >= 15 is 0 Å². The molecule has 20 heavy (non-hydrogen) atoms. The first kappa shape index (κ1) is 15.3. The zero-order valence-corrected chi connectivity index (χ0v) is 13.4. The molecule has 1 saturated heterocycles. The van der Waals surface area contributed by atoms with Crippen LogP contribution in [0.15, 0.2) is 12.1 Å². The van der Waals surface area contributed by atoms with Crippen LogP contribution < -0.4 is 10.2 Å². The van der Waals surface area contributed by atoms with Gasteiger partial charge in [0.25, 0.3) is 0 Å². The minimum Gasteiger partial charge on any atom is -0.354 e. The van der Waals surface area contributed by atoms with Crippen molar-refractivity contribution in [3.63, 3.8) is 0 Å². The molecule has 0 spiro atoms. The van der Waals surface area contributed by atoms with E-state index in [1.807, 2.05) is 0 Å². The molecule has 0 bridgehead atoms. The number of hydrogen-bond acceptors (Lipinski definition) is 3. The van der Waals surface area contributed by atoms with Gasteiger partial charge in [0.05, 0.1) is 0 Å². The quantitative estimate of drug-likeness (QED) is 0.909. The Morgan fingerprint density at radius 3 is 2.80 bits per heavy atom. The largest absolute Gasteiger partial charge is 0.354 e. The third-order valence-electron chi connectivity index (χ3n) is 4.23. The summed E-state index contributed by atoms with van der Waals surface area (Å²) in [6.07, 6.45) is 5.29. The average molecular weight is 275 g/mol. The Morgan fingerprint density at radius 2 is 2.10 bits per heavy atom. The molecule has 2 rings (SSSR count). The van der Waals surface area contributed by atoms with Crippen molar-refractivity contribution in [1.82, 2.24) is 10.3 Å². The zero-order valence-electron chi connectivity index (χ0n) is 13.4. The lowest BCUT2D eigenvalue weighted by Crippen LogP contribution is -2.33. The lowest BCUT2D eigenvalue weighted by Gasteiger charge is -2.29. The van der Waals surface area contributed by atoms with Crippen molar-refractivity contribution >= 4 is 5.82 Å². The normalized spacial score (nSPS) is 20.2. The van der Waals surface area contributed by atoms with E-state index in [0.717, 1.165) is 24.6 Å². The molecule has 1 aliphatic rings. The van der Waals surface area contributed by atoms with Gasteiger partial charge in [-0.25, -0.2) is 4.98 Å². The molecule has 0 saturated carbocycles. The highest BCUT2D eigenvalue weighted by Crippen LogP contribution is 2.23. The third-order valence-corrected chi connectivity index (χ3v) is 4.23. The number of anilines is 1. The summed E-state index contributed by atoms with van der Waals surface area (Å²) in [5.41, 5.74) is 2.47. The average Bonchev–Trinajstić information content (AvgIpc) is 2.62. The molecule has 0 aromatic carbocycles. The van der Waals surface area contributed by atoms with Crippen LogP contribution in [0.1, 0.15) is 57.7 Å². The molecule has 0 radical (unpaired) electrons. The van der Waals surface area contributed by atoms with Crippen molar-refractivity contribution in [3.05, 3.63) is 23.4 Å². The fourth-order valence-corrected chi connectivity index (χ4v) is 2.85. The van der Waals surface area contributed by atoms with Crippen molar-refractivity contribution < 1.29 is 0 Å². The van der Waals surface area contributed by atoms with E-state index < -0.39 is 0 Å². The van der Waals surface area contributed by atoms with Crippen LogP contribution in [0.2, 0.25) is 0 Å². The lowest BCUT2D eigenvalue weighted by atomic mass is 10.1. The van der Waals surface area contributed by atoms with Crippen molar-refractivity contribution in [1.29, 1.82) is 0 Å². The van der Waals surface area contributed by atoms with E-state index in [2.05, 4.69) is 50.0 Å². The fraction of sp³-hybridized carbons (Fsp3) is 0.706. The highest BCUT2D eigenvalue weighted by atomic mass is 15.2. The standard InChI is InChI=1S/C17H29N3/c1-13(2)18-12-16-9-10-17(19-15(16)4)20-11-7-5-6-8-14(20)3/h9-10,13-14,18H,5-8,11-12H2,1-4H3. The molecular formula is C17H29N3. The van der Waals surface area contributed by atoms with Crippen LogP contribution in [0.25, 0.3) is 0 Å². The van der Waals surface area contributed by atoms with Gasteiger partial charge in [-0.3, -0.25) is 0 Å². The second-order valence-corrected chi connectivity index (χ2v) is 6.34. The van der Waals surface area contributed by atoms with Gasteiger partial charge >= 0.3 is 0 Å². The second-order valence-electron chi connectivity index (χ2n) is 6.34. The SMILES string of the molecule is Cc1nc(N2CCCCCC2C)ccc1CNC(C)C. The Bertz CT molecular complexity index is 428. The molecule has 1 N–H and O–H groups in total. The van der Waals surface area contributed by atoms with Gasteiger partial charge in [-0.2, -0.15) is 0 Å². The van der Waals surface area contributed by atoms with Gasteiger partial charge < -0.3 is 10.2 Å². The van der Waals surface area contributed by atoms with E-state index in [-0.39, 0.29) is 0 Å². The van der Waals surface area contributed by atoms with E-state index in [9.17, 15) is 0 Å². The van der Waals surface area contributed by atoms with Gasteiger partial charge in [-0.05, 0) is 38.3 Å². The van der Waals surface area contributed by atoms with E-state index in [1.54, 1.807) is 0 Å². The Morgan fingerprint density at radius 1 is 1.30 bits per heavy atom. The Balaban J connectivity index is 2.10. The van der Waals surface area contributed by atoms with Crippen LogP contribution in [0.5, 0.6) is 0 Å². The van der Waals surface area contributed by atoms with Gasteiger partial charge in [-0.15, -0.1) is 0 Å². The molecule has 0 aliphatic carbocycles. The summed E-state index contributed by atoms with van der Waals surface area (Å²) in [6.45, 7) is 10.9. The number of rotatable bonds is 4. The third kappa shape index (κ3) is 3.95. The molecule has 1 aliphatic heterocycles. The van der Waals surface area contributed by atoms with Crippen molar-refractivity contribution in [2.45, 2.75) is 72.0 Å². The summed E-state index contributed by atoms with van der Waals surface area (Å²) in [4.78, 5) is 7.34. The number of aryl methyl sites for hydroxylation is 1. The smallest absolute Gasteiger partial charge is 0.129 e. The maximum Gasteiger partial charge on any atom is 0.129 e. The molecule has 1 unspecified atom stereocenters. The highest BCUT2D eigenvalue weighted by Gasteiger charge is 2.18. The predicted molar refractivity (Wildman–Crippen MR) is 86.2 cm³/mol. The summed E-state index contributed by atoms with van der Waals surface area (Å²) < 4.78 is 0. The summed E-state index contributed by atoms with van der Waals surface area (Å²) in [6, 6.07) is 5.57. The van der Waals surface area contributed by atoms with Gasteiger partial charge in [-0.1, -0.05) is 32.8 Å². The summed E-state index contributed by atoms with van der Waals surface area (Å²) in [5, 5.41) is 3.47. The zero-order chi connectivity index (χ0) is 14.5. The number of pyridine rings is 1. The van der Waals surface area contributed by atoms with Crippen molar-refractivity contribution in [2.75, 3.05) is 11.4 Å². The van der Waals surface area contributed by atoms with Crippen LogP contribution in [0.3, 0.4) is 0 Å². The summed E-state index contributed by atoms with van der Waals surface area (Å²) >= 11 is 0. The van der Waals surface area contributed by atoms with Gasteiger partial charge in [0.2, 0.25) is 0 Å². The first-order valence-electron chi connectivity index (χ1n) is 8.04. The van der Waals surface area contributed by atoms with Gasteiger partial charge in [0.1, 0.15) is 5.82 Å². The molecule has 1 atom stereocenters. The fourth-order valence-electron chi connectivity index (χ4n) is 2.85. The maximum atomic E-state index is 4.85. The van der Waals surface area contributed by atoms with E-state index in [0.29, 0.717) is 12.1 Å². The lowest BCUT2D eigenvalue weighted by molar-refractivity contribution is 0.584. The van der Waals surface area contributed by atoms with Crippen LogP contribution in [-0.4, -0.2) is 23.6 Å². The van der Waals surface area contributed by atoms with E-state index in [1.165, 1.54) is 31.2 Å². The first-order valence-corrected chi connectivity index (χ1v) is 8.04. The van der Waals surface area contributed by atoms with Crippen LogP contribution in [0.4, 0.5) is 5.82 Å². The monoisotopic (exact) mass is 275 g/mol. The Labute approximate surface area is 123 Å². The topological polar surface area (TPSA) is 28.2 Å². The second kappa shape index (κ2) is 7.07. The maximum absolute atomic E-state index is 4.85. The van der Waals surface area contributed by atoms with Crippen LogP contribution in [-0.2, 0) is 6.54 Å². The van der Waals surface area contributed by atoms with Crippen LogP contribution in [0, 0.1) is 6.92 Å². The molecule has 3 heteroatoms. The number of nitrogens with one attached hydrogen (secondary N) is 1. The molecule has 112 valence electrons. The highest BCUT2D eigenvalue weighted by molar-refractivity contribution is 5.42. The predicted octanol–water partition coefficient (Wildman–Crippen LogP) is 3.66. The number of nitrogens with zero attached hydrogens (tertiary/aromatic N) is 2. The summed E-state index contributed by atoms with van der Waals surface area (Å²) in [7, 11) is 0. The molecular weight excluding hydrogens is 246 g/mol. The molecule has 0 amide bonds. The molecule has 1 aromatic rings. The molecule has 3 nitrogen and oxygen atoms in total. The van der Waals surface area contributed by atoms with Gasteiger partial charge in [0, 0.05) is 30.9 Å². The van der Waals surface area contributed by atoms with Gasteiger partial charge in [0.15, 0.2) is 0 Å².